The SMILES string of the molecule is COc1ccccc1C1C(C(=O)OC(C)C)=C(C)Nc2nc(SCc3ccccc3F)[nH]c(=O)c21. The molecule has 0 amide bonds. The molecular formula is C26H26FN3O4S. The molecule has 3 aromatic rings. The number of fused-ring (bicyclic) bond motifs is 1. The zero-order chi connectivity index (χ0) is 25.1. The molecule has 1 aromatic heterocycles. The van der Waals surface area contributed by atoms with Crippen LogP contribution >= 0.6 is 11.8 Å². The van der Waals surface area contributed by atoms with Crippen LogP contribution in [0, 0.1) is 5.82 Å². The van der Waals surface area contributed by atoms with Crippen LogP contribution in [-0.2, 0) is 15.3 Å². The van der Waals surface area contributed by atoms with E-state index in [1.54, 1.807) is 45.0 Å². The van der Waals surface area contributed by atoms with Crippen LogP contribution in [0.4, 0.5) is 10.2 Å². The smallest absolute Gasteiger partial charge is 0.337 e. The number of halogens is 1. The van der Waals surface area contributed by atoms with Crippen LogP contribution < -0.4 is 15.6 Å². The Hall–Kier alpha value is -3.59. The predicted octanol–water partition coefficient (Wildman–Crippen LogP) is 4.99. The second-order valence-corrected chi connectivity index (χ2v) is 9.27. The van der Waals surface area contributed by atoms with Gasteiger partial charge in [-0.1, -0.05) is 48.2 Å². The quantitative estimate of drug-likeness (QED) is 0.271. The van der Waals surface area contributed by atoms with E-state index in [2.05, 4.69) is 15.3 Å². The summed E-state index contributed by atoms with van der Waals surface area (Å²) in [5.41, 5.74) is 1.87. The van der Waals surface area contributed by atoms with E-state index >= 15 is 0 Å². The number of carbonyl (C=O) groups is 1. The third kappa shape index (κ3) is 5.09. The molecule has 35 heavy (non-hydrogen) atoms. The second-order valence-electron chi connectivity index (χ2n) is 8.31. The Morgan fingerprint density at radius 2 is 1.89 bits per heavy atom. The summed E-state index contributed by atoms with van der Waals surface area (Å²) in [7, 11) is 1.54. The molecule has 0 fully saturated rings. The van der Waals surface area contributed by atoms with E-state index in [9.17, 15) is 14.0 Å². The first-order valence-electron chi connectivity index (χ1n) is 11.1. The van der Waals surface area contributed by atoms with Crippen molar-refractivity contribution in [2.24, 2.45) is 0 Å². The standard InChI is InChI=1S/C26H26FN3O4S/c1-14(2)34-25(32)20-15(3)28-23-22(21(20)17-10-6-8-12-19(17)33-4)24(31)30-26(29-23)35-13-16-9-5-7-11-18(16)27/h5-12,14,21H,13H2,1-4H3,(H2,28,29,30,31). The molecule has 0 bridgehead atoms. The second kappa shape index (κ2) is 10.4. The van der Waals surface area contributed by atoms with Gasteiger partial charge in [-0.05, 0) is 38.5 Å². The highest BCUT2D eigenvalue weighted by Crippen LogP contribution is 2.43. The minimum Gasteiger partial charge on any atom is -0.496 e. The monoisotopic (exact) mass is 495 g/mol. The van der Waals surface area contributed by atoms with Crippen LogP contribution in [0.1, 0.15) is 43.4 Å². The number of nitrogens with zero attached hydrogens (tertiary/aromatic N) is 1. The molecule has 0 aliphatic carbocycles. The Bertz CT molecular complexity index is 1350. The number of para-hydroxylation sites is 1. The summed E-state index contributed by atoms with van der Waals surface area (Å²) in [6, 6.07) is 13.7. The van der Waals surface area contributed by atoms with Gasteiger partial charge in [-0.25, -0.2) is 14.2 Å². The first-order chi connectivity index (χ1) is 16.8. The number of anilines is 1. The van der Waals surface area contributed by atoms with Gasteiger partial charge in [0, 0.05) is 17.0 Å². The number of hydrogen-bond acceptors (Lipinski definition) is 7. The lowest BCUT2D eigenvalue weighted by atomic mass is 9.82. The van der Waals surface area contributed by atoms with Crippen LogP contribution in [0.15, 0.2) is 69.8 Å². The van der Waals surface area contributed by atoms with E-state index in [-0.39, 0.29) is 17.5 Å². The van der Waals surface area contributed by atoms with Crippen molar-refractivity contribution in [1.82, 2.24) is 9.97 Å². The average molecular weight is 496 g/mol. The van der Waals surface area contributed by atoms with Gasteiger partial charge < -0.3 is 19.8 Å². The van der Waals surface area contributed by atoms with Crippen LogP contribution in [0.3, 0.4) is 0 Å². The fourth-order valence-electron chi connectivity index (χ4n) is 4.02. The van der Waals surface area contributed by atoms with Crippen molar-refractivity contribution in [2.45, 2.75) is 43.7 Å². The van der Waals surface area contributed by atoms with Gasteiger partial charge in [0.2, 0.25) is 0 Å². The van der Waals surface area contributed by atoms with Crippen molar-refractivity contribution < 1.29 is 18.7 Å². The zero-order valence-electron chi connectivity index (χ0n) is 19.8. The molecule has 2 N–H and O–H groups in total. The molecule has 7 nitrogen and oxygen atoms in total. The number of esters is 1. The minimum atomic E-state index is -0.754. The van der Waals surface area contributed by atoms with Crippen LogP contribution in [-0.4, -0.2) is 29.2 Å². The molecule has 0 spiro atoms. The molecule has 182 valence electrons. The Kier molecular flexibility index (Phi) is 7.25. The van der Waals surface area contributed by atoms with Gasteiger partial charge in [0.15, 0.2) is 5.16 Å². The topological polar surface area (TPSA) is 93.3 Å². The summed E-state index contributed by atoms with van der Waals surface area (Å²) in [6.07, 6.45) is -0.337. The van der Waals surface area contributed by atoms with Crippen LogP contribution in [0.5, 0.6) is 5.75 Å². The van der Waals surface area contributed by atoms with Crippen molar-refractivity contribution in [2.75, 3.05) is 12.4 Å². The number of benzene rings is 2. The molecule has 4 rings (SSSR count). The molecule has 1 atom stereocenters. The summed E-state index contributed by atoms with van der Waals surface area (Å²) in [5, 5.41) is 3.45. The molecule has 2 aromatic carbocycles. The Morgan fingerprint density at radius 3 is 2.60 bits per heavy atom. The maximum Gasteiger partial charge on any atom is 0.337 e. The third-order valence-electron chi connectivity index (χ3n) is 5.56. The van der Waals surface area contributed by atoms with E-state index in [0.717, 1.165) is 0 Å². The molecule has 1 unspecified atom stereocenters. The van der Waals surface area contributed by atoms with Crippen molar-refractivity contribution in [3.05, 3.63) is 92.7 Å². The fourth-order valence-corrected chi connectivity index (χ4v) is 4.87. The van der Waals surface area contributed by atoms with Crippen molar-refractivity contribution in [3.63, 3.8) is 0 Å². The molecule has 2 heterocycles. The fraction of sp³-hybridized carbons (Fsp3) is 0.269. The van der Waals surface area contributed by atoms with Crippen molar-refractivity contribution in [3.8, 4) is 5.75 Å². The molecular weight excluding hydrogens is 469 g/mol. The van der Waals surface area contributed by atoms with E-state index in [4.69, 9.17) is 9.47 Å². The number of aromatic nitrogens is 2. The van der Waals surface area contributed by atoms with E-state index < -0.39 is 17.4 Å². The highest BCUT2D eigenvalue weighted by molar-refractivity contribution is 7.98. The predicted molar refractivity (Wildman–Crippen MR) is 133 cm³/mol. The largest absolute Gasteiger partial charge is 0.496 e. The number of carbonyl (C=O) groups excluding carboxylic acids is 1. The van der Waals surface area contributed by atoms with Gasteiger partial charge >= 0.3 is 5.97 Å². The summed E-state index contributed by atoms with van der Waals surface area (Å²) >= 11 is 1.22. The van der Waals surface area contributed by atoms with Gasteiger partial charge in [0.1, 0.15) is 17.4 Å². The molecule has 0 saturated heterocycles. The van der Waals surface area contributed by atoms with E-state index in [1.165, 1.54) is 24.9 Å². The van der Waals surface area contributed by atoms with Crippen molar-refractivity contribution in [1.29, 1.82) is 0 Å². The third-order valence-corrected chi connectivity index (χ3v) is 6.48. The summed E-state index contributed by atoms with van der Waals surface area (Å²) in [4.78, 5) is 34.0. The number of methoxy groups -OCH3 is 1. The highest BCUT2D eigenvalue weighted by Gasteiger charge is 2.38. The molecule has 9 heteroatoms. The lowest BCUT2D eigenvalue weighted by Crippen LogP contribution is -2.32. The number of thioether (sulfide) groups is 1. The lowest BCUT2D eigenvalue weighted by molar-refractivity contribution is -0.143. The number of aromatic amines is 1. The normalized spacial score (nSPS) is 15.0. The van der Waals surface area contributed by atoms with E-state index in [1.807, 2.05) is 18.2 Å². The number of rotatable bonds is 7. The zero-order valence-corrected chi connectivity index (χ0v) is 20.7. The first-order valence-corrected chi connectivity index (χ1v) is 12.1. The summed E-state index contributed by atoms with van der Waals surface area (Å²) in [6.45, 7) is 5.28. The number of allylic oxidation sites excluding steroid dienone is 1. The van der Waals surface area contributed by atoms with Gasteiger partial charge in [0.25, 0.3) is 5.56 Å². The molecule has 1 aliphatic rings. The maximum absolute atomic E-state index is 14.0. The molecule has 1 aliphatic heterocycles. The lowest BCUT2D eigenvalue weighted by Gasteiger charge is -2.30. The van der Waals surface area contributed by atoms with Gasteiger partial charge in [-0.15, -0.1) is 0 Å². The maximum atomic E-state index is 14.0. The van der Waals surface area contributed by atoms with Crippen LogP contribution in [0.25, 0.3) is 0 Å². The van der Waals surface area contributed by atoms with E-state index in [0.29, 0.717) is 44.9 Å². The van der Waals surface area contributed by atoms with Crippen molar-refractivity contribution >= 4 is 23.5 Å². The minimum absolute atomic E-state index is 0.283. The van der Waals surface area contributed by atoms with Gasteiger partial charge in [-0.2, -0.15) is 0 Å². The number of ether oxygens (including phenoxy) is 2. The first kappa shape index (κ1) is 24.5. The number of hydrogen-bond donors (Lipinski definition) is 2. The van der Waals surface area contributed by atoms with Crippen LogP contribution in [0.2, 0.25) is 0 Å². The molecule has 0 saturated carbocycles. The van der Waals surface area contributed by atoms with Gasteiger partial charge in [0.05, 0.1) is 30.3 Å². The summed E-state index contributed by atoms with van der Waals surface area (Å²) < 4.78 is 25.1. The highest BCUT2D eigenvalue weighted by atomic mass is 32.2. The number of H-pyrrole nitrogens is 1. The Balaban J connectivity index is 1.80. The Labute approximate surface area is 206 Å². The summed E-state index contributed by atoms with van der Waals surface area (Å²) in [5.74, 6) is -0.434. The van der Waals surface area contributed by atoms with Gasteiger partial charge in [-0.3, -0.25) is 4.79 Å². The average Bonchev–Trinajstić information content (AvgIpc) is 2.82. The number of nitrogens with one attached hydrogen (secondary N) is 2. The molecule has 0 radical (unpaired) electrons. The Morgan fingerprint density at radius 1 is 1.17 bits per heavy atom.